The van der Waals surface area contributed by atoms with Gasteiger partial charge in [-0.25, -0.2) is 0 Å². The van der Waals surface area contributed by atoms with Crippen LogP contribution in [-0.4, -0.2) is 31.1 Å². The number of benzene rings is 1. The minimum absolute atomic E-state index is 0.728. The Balaban J connectivity index is 0.00000121. The summed E-state index contributed by atoms with van der Waals surface area (Å²) in [4.78, 5) is 2.33. The molecule has 0 aliphatic heterocycles. The Morgan fingerprint density at radius 2 is 1.59 bits per heavy atom. The number of nitrogen functional groups attached to an aromatic ring is 1. The monoisotopic (exact) mass is 238 g/mol. The van der Waals surface area contributed by atoms with Crippen molar-refractivity contribution in [1.29, 1.82) is 0 Å². The number of likely N-dealkylation sites (N-methyl/N-ethyl adjacent to an activating group) is 1. The van der Waals surface area contributed by atoms with Gasteiger partial charge in [0.05, 0.1) is 0 Å². The van der Waals surface area contributed by atoms with Crippen molar-refractivity contribution in [3.8, 4) is 5.75 Å². The van der Waals surface area contributed by atoms with Gasteiger partial charge in [-0.1, -0.05) is 27.7 Å². The lowest BCUT2D eigenvalue weighted by atomic mass is 10.3. The second kappa shape index (κ2) is 9.97. The van der Waals surface area contributed by atoms with E-state index in [0.717, 1.165) is 37.7 Å². The lowest BCUT2D eigenvalue weighted by molar-refractivity contribution is 0.223. The van der Waals surface area contributed by atoms with Crippen molar-refractivity contribution in [3.63, 3.8) is 0 Å². The molecule has 98 valence electrons. The van der Waals surface area contributed by atoms with Crippen LogP contribution in [0.3, 0.4) is 0 Å². The van der Waals surface area contributed by atoms with E-state index in [4.69, 9.17) is 10.5 Å². The van der Waals surface area contributed by atoms with Gasteiger partial charge in [0.2, 0.25) is 0 Å². The van der Waals surface area contributed by atoms with Crippen LogP contribution in [0.15, 0.2) is 24.3 Å². The Labute approximate surface area is 106 Å². The van der Waals surface area contributed by atoms with Crippen LogP contribution >= 0.6 is 0 Å². The summed E-state index contributed by atoms with van der Waals surface area (Å²) in [6, 6.07) is 7.51. The summed E-state index contributed by atoms with van der Waals surface area (Å²) < 4.78 is 5.60. The van der Waals surface area contributed by atoms with E-state index in [1.165, 1.54) is 0 Å². The van der Waals surface area contributed by atoms with Crippen LogP contribution in [0, 0.1) is 0 Å². The molecule has 0 aromatic heterocycles. The van der Waals surface area contributed by atoms with Crippen molar-refractivity contribution in [2.75, 3.05) is 32.0 Å². The molecule has 0 spiro atoms. The Kier molecular flexibility index (Phi) is 9.25. The van der Waals surface area contributed by atoms with Gasteiger partial charge < -0.3 is 15.4 Å². The van der Waals surface area contributed by atoms with Gasteiger partial charge in [-0.05, 0) is 37.4 Å². The van der Waals surface area contributed by atoms with Crippen LogP contribution in [-0.2, 0) is 0 Å². The number of nitrogens with zero attached hydrogens (tertiary/aromatic N) is 1. The van der Waals surface area contributed by atoms with E-state index < -0.39 is 0 Å². The smallest absolute Gasteiger partial charge is 0.119 e. The first-order valence-electron chi connectivity index (χ1n) is 6.47. The van der Waals surface area contributed by atoms with Gasteiger partial charge in [0.25, 0.3) is 0 Å². The van der Waals surface area contributed by atoms with E-state index in [9.17, 15) is 0 Å². The fourth-order valence-corrected chi connectivity index (χ4v) is 1.40. The van der Waals surface area contributed by atoms with Gasteiger partial charge in [0.1, 0.15) is 12.4 Å². The molecule has 0 unspecified atom stereocenters. The number of hydrogen-bond acceptors (Lipinski definition) is 3. The van der Waals surface area contributed by atoms with Gasteiger partial charge in [0.15, 0.2) is 0 Å². The Morgan fingerprint density at radius 3 is 2.06 bits per heavy atom. The Bertz CT molecular complexity index is 268. The van der Waals surface area contributed by atoms with Gasteiger partial charge in [-0.3, -0.25) is 0 Å². The molecule has 1 rings (SSSR count). The summed E-state index contributed by atoms with van der Waals surface area (Å²) in [7, 11) is 0. The summed E-state index contributed by atoms with van der Waals surface area (Å²) >= 11 is 0. The molecule has 1 aromatic rings. The van der Waals surface area contributed by atoms with E-state index >= 15 is 0 Å². The highest BCUT2D eigenvalue weighted by Gasteiger charge is 1.99. The molecule has 0 saturated heterocycles. The second-order valence-electron chi connectivity index (χ2n) is 3.44. The van der Waals surface area contributed by atoms with Crippen molar-refractivity contribution in [2.45, 2.75) is 27.7 Å². The zero-order chi connectivity index (χ0) is 13.1. The molecule has 1 aromatic carbocycles. The Hall–Kier alpha value is -1.22. The molecule has 0 radical (unpaired) electrons. The van der Waals surface area contributed by atoms with E-state index in [1.807, 2.05) is 38.1 Å². The van der Waals surface area contributed by atoms with E-state index in [2.05, 4.69) is 18.7 Å². The van der Waals surface area contributed by atoms with E-state index in [0.29, 0.717) is 0 Å². The van der Waals surface area contributed by atoms with Crippen molar-refractivity contribution in [1.82, 2.24) is 4.90 Å². The minimum atomic E-state index is 0.728. The third-order valence-corrected chi connectivity index (χ3v) is 2.45. The predicted molar refractivity (Wildman–Crippen MR) is 75.5 cm³/mol. The maximum absolute atomic E-state index is 5.60. The van der Waals surface area contributed by atoms with Crippen molar-refractivity contribution in [2.24, 2.45) is 0 Å². The molecule has 0 fully saturated rings. The quantitative estimate of drug-likeness (QED) is 0.774. The topological polar surface area (TPSA) is 38.5 Å². The fraction of sp³-hybridized carbons (Fsp3) is 0.571. The normalized spacial score (nSPS) is 9.71. The maximum atomic E-state index is 5.60. The molecule has 3 nitrogen and oxygen atoms in total. The number of anilines is 1. The van der Waals surface area contributed by atoms with Crippen molar-refractivity contribution >= 4 is 5.69 Å². The van der Waals surface area contributed by atoms with Crippen LogP contribution < -0.4 is 10.5 Å². The lowest BCUT2D eigenvalue weighted by Crippen LogP contribution is -2.27. The average Bonchev–Trinajstić information content (AvgIpc) is 2.39. The molecule has 0 aliphatic carbocycles. The summed E-state index contributed by atoms with van der Waals surface area (Å²) in [5.74, 6) is 0.886. The second-order valence-corrected chi connectivity index (χ2v) is 3.44. The zero-order valence-electron chi connectivity index (χ0n) is 11.6. The highest BCUT2D eigenvalue weighted by Crippen LogP contribution is 2.12. The first-order valence-corrected chi connectivity index (χ1v) is 6.47. The van der Waals surface area contributed by atoms with Crippen LogP contribution in [0.1, 0.15) is 27.7 Å². The number of ether oxygens (including phenoxy) is 1. The predicted octanol–water partition coefficient (Wildman–Crippen LogP) is 3.02. The molecular weight excluding hydrogens is 212 g/mol. The number of nitrogens with two attached hydrogens (primary N) is 1. The van der Waals surface area contributed by atoms with Crippen LogP contribution in [0.4, 0.5) is 5.69 Å². The molecular formula is C14H26N2O. The van der Waals surface area contributed by atoms with Gasteiger partial charge >= 0.3 is 0 Å². The molecule has 0 heterocycles. The standard InChI is InChI=1S/C12H20N2O.C2H6/c1-3-14(4-2)9-10-15-12-7-5-11(13)6-8-12;1-2/h5-8H,3-4,9-10,13H2,1-2H3;1-2H3. The zero-order valence-corrected chi connectivity index (χ0v) is 11.6. The maximum Gasteiger partial charge on any atom is 0.119 e. The molecule has 2 N–H and O–H groups in total. The first kappa shape index (κ1) is 15.8. The molecule has 0 amide bonds. The summed E-state index contributed by atoms with van der Waals surface area (Å²) in [6.07, 6.45) is 0. The molecule has 0 bridgehead atoms. The molecule has 0 saturated carbocycles. The van der Waals surface area contributed by atoms with Gasteiger partial charge in [-0.15, -0.1) is 0 Å². The van der Waals surface area contributed by atoms with E-state index in [1.54, 1.807) is 0 Å². The highest BCUT2D eigenvalue weighted by atomic mass is 16.5. The fourth-order valence-electron chi connectivity index (χ4n) is 1.40. The van der Waals surface area contributed by atoms with Crippen LogP contribution in [0.25, 0.3) is 0 Å². The van der Waals surface area contributed by atoms with Crippen molar-refractivity contribution < 1.29 is 4.74 Å². The molecule has 17 heavy (non-hydrogen) atoms. The number of rotatable bonds is 6. The SMILES string of the molecule is CC.CCN(CC)CCOc1ccc(N)cc1. The third-order valence-electron chi connectivity index (χ3n) is 2.45. The van der Waals surface area contributed by atoms with Crippen LogP contribution in [0.2, 0.25) is 0 Å². The van der Waals surface area contributed by atoms with Gasteiger partial charge in [-0.2, -0.15) is 0 Å². The largest absolute Gasteiger partial charge is 0.492 e. The lowest BCUT2D eigenvalue weighted by Gasteiger charge is -2.17. The minimum Gasteiger partial charge on any atom is -0.492 e. The Morgan fingerprint density at radius 1 is 1.06 bits per heavy atom. The highest BCUT2D eigenvalue weighted by molar-refractivity contribution is 5.41. The molecule has 0 atom stereocenters. The van der Waals surface area contributed by atoms with E-state index in [-0.39, 0.29) is 0 Å². The molecule has 3 heteroatoms. The van der Waals surface area contributed by atoms with Crippen LogP contribution in [0.5, 0.6) is 5.75 Å². The number of hydrogen-bond donors (Lipinski definition) is 1. The average molecular weight is 238 g/mol. The summed E-state index contributed by atoms with van der Waals surface area (Å²) in [5, 5.41) is 0. The van der Waals surface area contributed by atoms with Crippen molar-refractivity contribution in [3.05, 3.63) is 24.3 Å². The van der Waals surface area contributed by atoms with Gasteiger partial charge in [0, 0.05) is 12.2 Å². The summed E-state index contributed by atoms with van der Waals surface area (Å²) in [6.45, 7) is 12.2. The molecule has 0 aliphatic rings. The summed E-state index contributed by atoms with van der Waals surface area (Å²) in [5.41, 5.74) is 6.35. The first-order chi connectivity index (χ1) is 8.26. The third kappa shape index (κ3) is 6.84.